The van der Waals surface area contributed by atoms with Gasteiger partial charge < -0.3 is 10.6 Å². The molecule has 3 aliphatic rings. The second kappa shape index (κ2) is 9.55. The van der Waals surface area contributed by atoms with Crippen LogP contribution in [0.3, 0.4) is 0 Å². The second-order valence-electron chi connectivity index (χ2n) is 9.55. The fourth-order valence-corrected chi connectivity index (χ4v) is 8.10. The highest BCUT2D eigenvalue weighted by Gasteiger charge is 2.45. The summed E-state index contributed by atoms with van der Waals surface area (Å²) in [5.41, 5.74) is 6.37. The van der Waals surface area contributed by atoms with Crippen LogP contribution in [0.1, 0.15) is 77.0 Å². The van der Waals surface area contributed by atoms with Gasteiger partial charge in [0.2, 0.25) is 10.0 Å². The minimum Gasteiger partial charge on any atom is -0.327 e. The van der Waals surface area contributed by atoms with Crippen LogP contribution < -0.4 is 10.5 Å². The Labute approximate surface area is 166 Å². The van der Waals surface area contributed by atoms with Gasteiger partial charge in [0.15, 0.2) is 0 Å². The summed E-state index contributed by atoms with van der Waals surface area (Å²) in [5.74, 6) is 1.44. The van der Waals surface area contributed by atoms with Gasteiger partial charge in [-0.2, -0.15) is 0 Å². The molecule has 0 bridgehead atoms. The molecule has 6 heteroatoms. The van der Waals surface area contributed by atoms with E-state index in [1.807, 2.05) is 0 Å². The van der Waals surface area contributed by atoms with Gasteiger partial charge in [-0.1, -0.05) is 32.1 Å². The van der Waals surface area contributed by atoms with Gasteiger partial charge in [0.25, 0.3) is 0 Å². The zero-order valence-electron chi connectivity index (χ0n) is 17.4. The van der Waals surface area contributed by atoms with Gasteiger partial charge in [-0.3, -0.25) is 0 Å². The molecule has 0 spiro atoms. The predicted molar refractivity (Wildman–Crippen MR) is 112 cm³/mol. The van der Waals surface area contributed by atoms with Crippen molar-refractivity contribution >= 4 is 10.0 Å². The van der Waals surface area contributed by atoms with Crippen molar-refractivity contribution in [3.05, 3.63) is 0 Å². The van der Waals surface area contributed by atoms with E-state index in [0.29, 0.717) is 30.3 Å². The largest absolute Gasteiger partial charge is 0.327 e. The van der Waals surface area contributed by atoms with Gasteiger partial charge in [-0.15, -0.1) is 0 Å². The number of nitrogens with one attached hydrogen (secondary N) is 1. The molecule has 0 heterocycles. The van der Waals surface area contributed by atoms with Gasteiger partial charge >= 0.3 is 0 Å². The zero-order valence-corrected chi connectivity index (χ0v) is 18.2. The molecule has 0 amide bonds. The van der Waals surface area contributed by atoms with E-state index >= 15 is 0 Å². The fourth-order valence-electron chi connectivity index (χ4n) is 6.21. The van der Waals surface area contributed by atoms with Crippen molar-refractivity contribution in [1.29, 1.82) is 0 Å². The Morgan fingerprint density at radius 3 is 2.30 bits per heavy atom. The van der Waals surface area contributed by atoms with Crippen molar-refractivity contribution in [3.63, 3.8) is 0 Å². The summed E-state index contributed by atoms with van der Waals surface area (Å²) in [4.78, 5) is 2.32. The Morgan fingerprint density at radius 2 is 1.59 bits per heavy atom. The lowest BCUT2D eigenvalue weighted by Gasteiger charge is -2.47. The van der Waals surface area contributed by atoms with Crippen molar-refractivity contribution in [2.75, 3.05) is 20.6 Å². The third kappa shape index (κ3) is 5.26. The number of sulfonamides is 1. The van der Waals surface area contributed by atoms with Crippen LogP contribution in [0.4, 0.5) is 0 Å². The maximum atomic E-state index is 13.1. The topological polar surface area (TPSA) is 75.4 Å². The first kappa shape index (κ1) is 21.5. The molecule has 3 aliphatic carbocycles. The van der Waals surface area contributed by atoms with Crippen LogP contribution in [-0.4, -0.2) is 51.3 Å². The van der Waals surface area contributed by atoms with Crippen molar-refractivity contribution < 1.29 is 8.42 Å². The highest BCUT2D eigenvalue weighted by atomic mass is 32.2. The molecule has 5 unspecified atom stereocenters. The lowest BCUT2D eigenvalue weighted by molar-refractivity contribution is 0.0713. The smallest absolute Gasteiger partial charge is 0.214 e. The highest BCUT2D eigenvalue weighted by Crippen LogP contribution is 2.44. The first-order valence-corrected chi connectivity index (χ1v) is 12.9. The third-order valence-corrected chi connectivity index (χ3v) is 9.67. The number of fused-ring (bicyclic) bond motifs is 1. The van der Waals surface area contributed by atoms with Gasteiger partial charge in [-0.05, 0) is 76.8 Å². The molecular formula is C21H41N3O2S. The summed E-state index contributed by atoms with van der Waals surface area (Å²) in [5, 5.41) is -0.204. The summed E-state index contributed by atoms with van der Waals surface area (Å²) in [6.45, 7) is 0.505. The van der Waals surface area contributed by atoms with Crippen LogP contribution in [0, 0.1) is 17.8 Å². The molecule has 0 saturated heterocycles. The summed E-state index contributed by atoms with van der Waals surface area (Å²) in [6.07, 6.45) is 13.6. The zero-order chi connectivity index (χ0) is 19.4. The maximum Gasteiger partial charge on any atom is 0.214 e. The molecule has 158 valence electrons. The van der Waals surface area contributed by atoms with Crippen LogP contribution in [0.2, 0.25) is 0 Å². The molecule has 0 aromatic carbocycles. The summed E-state index contributed by atoms with van der Waals surface area (Å²) in [7, 11) is 1.04. The summed E-state index contributed by atoms with van der Waals surface area (Å²) in [6, 6.07) is 0.682. The van der Waals surface area contributed by atoms with Crippen LogP contribution in [0.25, 0.3) is 0 Å². The number of hydrogen-bond donors (Lipinski definition) is 2. The van der Waals surface area contributed by atoms with Gasteiger partial charge in [0, 0.05) is 18.6 Å². The number of hydrogen-bond acceptors (Lipinski definition) is 4. The van der Waals surface area contributed by atoms with Crippen LogP contribution >= 0.6 is 0 Å². The van der Waals surface area contributed by atoms with Crippen molar-refractivity contribution in [2.45, 2.75) is 94.4 Å². The Hall–Kier alpha value is -0.170. The first-order chi connectivity index (χ1) is 12.9. The lowest BCUT2D eigenvalue weighted by atomic mass is 9.68. The molecular weight excluding hydrogens is 358 g/mol. The number of rotatable bonds is 7. The SMILES string of the molecule is CN(C)C1CCCC2C1CCCC2S(=O)(=O)NCCC(N)C1CCCCC1. The van der Waals surface area contributed by atoms with Crippen LogP contribution in [0.15, 0.2) is 0 Å². The Kier molecular flexibility index (Phi) is 7.62. The molecule has 3 fully saturated rings. The fraction of sp³-hybridized carbons (Fsp3) is 1.00. The van der Waals surface area contributed by atoms with E-state index in [4.69, 9.17) is 5.73 Å². The van der Waals surface area contributed by atoms with E-state index < -0.39 is 10.0 Å². The average Bonchev–Trinajstić information content (AvgIpc) is 2.67. The molecule has 5 atom stereocenters. The van der Waals surface area contributed by atoms with E-state index in [1.165, 1.54) is 44.9 Å². The van der Waals surface area contributed by atoms with E-state index in [2.05, 4.69) is 23.7 Å². The molecule has 3 saturated carbocycles. The second-order valence-corrected chi connectivity index (χ2v) is 11.5. The van der Waals surface area contributed by atoms with Gasteiger partial charge in [0.05, 0.1) is 5.25 Å². The number of nitrogens with zero attached hydrogens (tertiary/aromatic N) is 1. The van der Waals surface area contributed by atoms with Crippen molar-refractivity contribution in [2.24, 2.45) is 23.5 Å². The summed E-state index contributed by atoms with van der Waals surface area (Å²) < 4.78 is 29.2. The summed E-state index contributed by atoms with van der Waals surface area (Å²) >= 11 is 0. The first-order valence-electron chi connectivity index (χ1n) is 11.3. The van der Waals surface area contributed by atoms with Gasteiger partial charge in [-0.25, -0.2) is 13.1 Å². The molecule has 3 N–H and O–H groups in total. The average molecular weight is 400 g/mol. The van der Waals surface area contributed by atoms with E-state index in [0.717, 1.165) is 32.1 Å². The molecule has 0 aromatic heterocycles. The molecule has 27 heavy (non-hydrogen) atoms. The van der Waals surface area contributed by atoms with E-state index in [9.17, 15) is 8.42 Å². The minimum absolute atomic E-state index is 0.139. The highest BCUT2D eigenvalue weighted by molar-refractivity contribution is 7.90. The predicted octanol–water partition coefficient (Wildman–Crippen LogP) is 3.10. The van der Waals surface area contributed by atoms with Crippen LogP contribution in [0.5, 0.6) is 0 Å². The maximum absolute atomic E-state index is 13.1. The minimum atomic E-state index is -3.25. The van der Waals surface area contributed by atoms with Crippen molar-refractivity contribution in [1.82, 2.24) is 9.62 Å². The third-order valence-electron chi connectivity index (χ3n) is 7.68. The van der Waals surface area contributed by atoms with Crippen molar-refractivity contribution in [3.8, 4) is 0 Å². The Morgan fingerprint density at radius 1 is 0.926 bits per heavy atom. The Balaban J connectivity index is 1.55. The Bertz CT molecular complexity index is 560. The number of nitrogens with two attached hydrogens (primary N) is 1. The van der Waals surface area contributed by atoms with Gasteiger partial charge in [0.1, 0.15) is 0 Å². The molecule has 5 nitrogen and oxygen atoms in total. The lowest BCUT2D eigenvalue weighted by Crippen LogP contribution is -2.51. The van der Waals surface area contributed by atoms with Crippen LogP contribution in [-0.2, 0) is 10.0 Å². The van der Waals surface area contributed by atoms with E-state index in [-0.39, 0.29) is 11.3 Å². The molecule has 3 rings (SSSR count). The normalized spacial score (nSPS) is 34.4. The van der Waals surface area contributed by atoms with E-state index in [1.54, 1.807) is 0 Å². The molecule has 0 aromatic rings. The molecule has 0 radical (unpaired) electrons. The standard InChI is InChI=1S/C21H41N3O2S/c1-24(2)20-12-6-11-18-17(20)10-7-13-21(18)27(25,26)23-15-14-19(22)16-8-4-3-5-9-16/h16-21,23H,3-15,22H2,1-2H3. The monoisotopic (exact) mass is 399 g/mol. The quantitative estimate of drug-likeness (QED) is 0.690. The molecule has 0 aliphatic heterocycles.